The van der Waals surface area contributed by atoms with Crippen molar-refractivity contribution in [2.75, 3.05) is 5.32 Å². The van der Waals surface area contributed by atoms with Crippen molar-refractivity contribution in [3.05, 3.63) is 69.8 Å². The molecule has 154 valence electrons. The zero-order valence-electron chi connectivity index (χ0n) is 15.5. The SMILES string of the molecule is CC(C)=O.NC(=O)Nc1ccccc1.O=C(O)c1cc(C(=O)O)cc([N+](=O)[O-])c1. The number of nitrogens with one attached hydrogen (secondary N) is 1. The van der Waals surface area contributed by atoms with E-state index in [1.54, 1.807) is 12.1 Å². The molecule has 2 aromatic rings. The number of hydrogen-bond acceptors (Lipinski definition) is 6. The van der Waals surface area contributed by atoms with Gasteiger partial charge in [0.1, 0.15) is 5.78 Å². The lowest BCUT2D eigenvalue weighted by Crippen LogP contribution is -2.18. The molecule has 0 aliphatic carbocycles. The smallest absolute Gasteiger partial charge is 0.335 e. The van der Waals surface area contributed by atoms with Crippen molar-refractivity contribution in [3.63, 3.8) is 0 Å². The van der Waals surface area contributed by atoms with Crippen molar-refractivity contribution in [2.24, 2.45) is 5.73 Å². The summed E-state index contributed by atoms with van der Waals surface area (Å²) < 4.78 is 0. The molecule has 29 heavy (non-hydrogen) atoms. The third-order valence-corrected chi connectivity index (χ3v) is 2.66. The molecule has 0 spiro atoms. The van der Waals surface area contributed by atoms with Crippen molar-refractivity contribution in [2.45, 2.75) is 13.8 Å². The lowest BCUT2D eigenvalue weighted by atomic mass is 10.1. The van der Waals surface area contributed by atoms with E-state index in [4.69, 9.17) is 15.9 Å². The number of urea groups is 1. The van der Waals surface area contributed by atoms with Crippen LogP contribution in [0, 0.1) is 10.1 Å². The Labute approximate surface area is 164 Å². The average Bonchev–Trinajstić information content (AvgIpc) is 2.61. The van der Waals surface area contributed by atoms with E-state index in [-0.39, 0.29) is 5.78 Å². The predicted octanol–water partition coefficient (Wildman–Crippen LogP) is 2.76. The number of nitro groups is 1. The number of anilines is 1. The summed E-state index contributed by atoms with van der Waals surface area (Å²) in [4.78, 5) is 50.3. The van der Waals surface area contributed by atoms with Gasteiger partial charge in [-0.3, -0.25) is 10.1 Å². The highest BCUT2D eigenvalue weighted by molar-refractivity contribution is 5.94. The van der Waals surface area contributed by atoms with Crippen LogP contribution >= 0.6 is 0 Å². The molecule has 0 radical (unpaired) electrons. The predicted molar refractivity (Wildman–Crippen MR) is 103 cm³/mol. The zero-order chi connectivity index (χ0) is 22.6. The summed E-state index contributed by atoms with van der Waals surface area (Å²) in [6.45, 7) is 3.06. The molecule has 2 amide bonds. The summed E-state index contributed by atoms with van der Waals surface area (Å²) >= 11 is 0. The summed E-state index contributed by atoms with van der Waals surface area (Å²) in [6.07, 6.45) is 0. The van der Waals surface area contributed by atoms with E-state index in [0.29, 0.717) is 0 Å². The topological polar surface area (TPSA) is 190 Å². The van der Waals surface area contributed by atoms with Crippen LogP contribution in [0.25, 0.3) is 0 Å². The Morgan fingerprint density at radius 2 is 1.34 bits per heavy atom. The van der Waals surface area contributed by atoms with Crippen LogP contribution < -0.4 is 11.1 Å². The number of nitro benzene ring substituents is 1. The Hall–Kier alpha value is -4.28. The number of benzene rings is 2. The number of nitrogens with two attached hydrogens (primary N) is 1. The molecule has 0 heterocycles. The van der Waals surface area contributed by atoms with Gasteiger partial charge in [0.15, 0.2) is 0 Å². The fourth-order valence-corrected chi connectivity index (χ4v) is 1.63. The minimum Gasteiger partial charge on any atom is -0.478 e. The molecule has 11 nitrogen and oxygen atoms in total. The van der Waals surface area contributed by atoms with Gasteiger partial charge in [-0.1, -0.05) is 18.2 Å². The Bertz CT molecular complexity index is 814. The number of rotatable bonds is 4. The van der Waals surface area contributed by atoms with Gasteiger partial charge in [-0.05, 0) is 32.0 Å². The Morgan fingerprint density at radius 1 is 0.931 bits per heavy atom. The van der Waals surface area contributed by atoms with Crippen LogP contribution in [0.15, 0.2) is 48.5 Å². The van der Waals surface area contributed by atoms with Gasteiger partial charge in [0.2, 0.25) is 0 Å². The number of hydrogen-bond donors (Lipinski definition) is 4. The molecule has 0 saturated heterocycles. The van der Waals surface area contributed by atoms with Crippen LogP contribution in [0.4, 0.5) is 16.2 Å². The van der Waals surface area contributed by atoms with Gasteiger partial charge in [0, 0.05) is 17.8 Å². The van der Waals surface area contributed by atoms with Gasteiger partial charge in [0.25, 0.3) is 5.69 Å². The standard InChI is InChI=1S/C8H5NO6.C7H8N2O.C3H6O/c10-7(11)4-1-5(8(12)13)3-6(2-4)9(14)15;8-7(10)9-6-4-2-1-3-5-6;1-3(2)4/h1-3H,(H,10,11)(H,12,13);1-5H,(H3,8,9,10);1-2H3. The molecule has 2 aromatic carbocycles. The molecule has 0 unspecified atom stereocenters. The monoisotopic (exact) mass is 405 g/mol. The van der Waals surface area contributed by atoms with Crippen LogP contribution in [-0.4, -0.2) is 38.9 Å². The number of nitrogens with zero attached hydrogens (tertiary/aromatic N) is 1. The van der Waals surface area contributed by atoms with Crippen LogP contribution in [0.5, 0.6) is 0 Å². The number of carboxylic acid groups (broad SMARTS) is 2. The number of carbonyl (C=O) groups excluding carboxylic acids is 2. The summed E-state index contributed by atoms with van der Waals surface area (Å²) in [7, 11) is 0. The molecule has 2 rings (SSSR count). The van der Waals surface area contributed by atoms with Crippen molar-refractivity contribution in [3.8, 4) is 0 Å². The summed E-state index contributed by atoms with van der Waals surface area (Å²) in [5, 5.41) is 30.0. The van der Waals surface area contributed by atoms with Crippen LogP contribution in [0.2, 0.25) is 0 Å². The van der Waals surface area contributed by atoms with Gasteiger partial charge >= 0.3 is 18.0 Å². The fourth-order valence-electron chi connectivity index (χ4n) is 1.63. The zero-order valence-corrected chi connectivity index (χ0v) is 15.5. The number of amides is 2. The number of carbonyl (C=O) groups is 4. The molecule has 0 aliphatic rings. The van der Waals surface area contributed by atoms with E-state index in [2.05, 4.69) is 5.32 Å². The van der Waals surface area contributed by atoms with E-state index in [1.807, 2.05) is 18.2 Å². The molecule has 0 aliphatic heterocycles. The van der Waals surface area contributed by atoms with Crippen LogP contribution in [0.3, 0.4) is 0 Å². The van der Waals surface area contributed by atoms with Crippen LogP contribution in [0.1, 0.15) is 34.6 Å². The molecular formula is C18H19N3O8. The third kappa shape index (κ3) is 11.1. The lowest BCUT2D eigenvalue weighted by molar-refractivity contribution is -0.384. The number of para-hydroxylation sites is 1. The molecule has 11 heteroatoms. The van der Waals surface area contributed by atoms with Crippen molar-refractivity contribution in [1.82, 2.24) is 0 Å². The number of aromatic carboxylic acids is 2. The Balaban J connectivity index is 0.000000481. The second-order valence-corrected chi connectivity index (χ2v) is 5.40. The average molecular weight is 405 g/mol. The van der Waals surface area contributed by atoms with E-state index >= 15 is 0 Å². The number of ketones is 1. The fraction of sp³-hybridized carbons (Fsp3) is 0.111. The first-order valence-corrected chi connectivity index (χ1v) is 7.78. The van der Waals surface area contributed by atoms with Gasteiger partial charge in [0.05, 0.1) is 16.1 Å². The normalized spacial score (nSPS) is 8.90. The molecule has 0 fully saturated rings. The Kier molecular flexibility index (Phi) is 10.4. The summed E-state index contributed by atoms with van der Waals surface area (Å²) in [5.41, 5.74) is 4.17. The molecule has 5 N–H and O–H groups in total. The minimum absolute atomic E-state index is 0.167. The maximum atomic E-state index is 10.5. The van der Waals surface area contributed by atoms with E-state index in [0.717, 1.165) is 23.9 Å². The first-order chi connectivity index (χ1) is 13.4. The van der Waals surface area contributed by atoms with Crippen molar-refractivity contribution in [1.29, 1.82) is 0 Å². The van der Waals surface area contributed by atoms with E-state index < -0.39 is 39.7 Å². The molecule has 0 bridgehead atoms. The molecule has 0 atom stereocenters. The van der Waals surface area contributed by atoms with Gasteiger partial charge < -0.3 is 26.1 Å². The number of primary amides is 1. The second kappa shape index (κ2) is 12.2. The summed E-state index contributed by atoms with van der Waals surface area (Å²) in [5.74, 6) is -2.66. The highest BCUT2D eigenvalue weighted by Gasteiger charge is 2.16. The van der Waals surface area contributed by atoms with Crippen molar-refractivity contribution < 1.29 is 34.3 Å². The largest absolute Gasteiger partial charge is 0.478 e. The van der Waals surface area contributed by atoms with Crippen molar-refractivity contribution >= 4 is 35.1 Å². The van der Waals surface area contributed by atoms with E-state index in [9.17, 15) is 29.3 Å². The Morgan fingerprint density at radius 3 is 1.66 bits per heavy atom. The second-order valence-electron chi connectivity index (χ2n) is 5.40. The first kappa shape index (κ1) is 24.7. The highest BCUT2D eigenvalue weighted by Crippen LogP contribution is 2.17. The minimum atomic E-state index is -1.42. The highest BCUT2D eigenvalue weighted by atomic mass is 16.6. The van der Waals surface area contributed by atoms with Gasteiger partial charge in [-0.2, -0.15) is 0 Å². The van der Waals surface area contributed by atoms with E-state index in [1.165, 1.54) is 13.8 Å². The van der Waals surface area contributed by atoms with Gasteiger partial charge in [-0.25, -0.2) is 14.4 Å². The summed E-state index contributed by atoms with van der Waals surface area (Å²) in [6, 6.07) is 11.0. The number of carboxylic acids is 2. The number of non-ortho nitro benzene ring substituents is 1. The quantitative estimate of drug-likeness (QED) is 0.441. The molecular weight excluding hydrogens is 386 g/mol. The first-order valence-electron chi connectivity index (χ1n) is 7.78. The number of Topliss-reactive ketones (excluding diaryl/α,β-unsaturated/α-hetero) is 1. The maximum Gasteiger partial charge on any atom is 0.335 e. The molecule has 0 aromatic heterocycles. The maximum absolute atomic E-state index is 10.5. The lowest BCUT2D eigenvalue weighted by Gasteiger charge is -1.98. The molecule has 0 saturated carbocycles. The van der Waals surface area contributed by atoms with Crippen LogP contribution in [-0.2, 0) is 4.79 Å². The van der Waals surface area contributed by atoms with Gasteiger partial charge in [-0.15, -0.1) is 0 Å². The third-order valence-electron chi connectivity index (χ3n) is 2.66.